The van der Waals surface area contributed by atoms with Crippen molar-refractivity contribution in [2.24, 2.45) is 0 Å². The van der Waals surface area contributed by atoms with E-state index in [1.165, 1.54) is 24.3 Å². The van der Waals surface area contributed by atoms with Crippen LogP contribution in [-0.4, -0.2) is 54.6 Å². The van der Waals surface area contributed by atoms with E-state index in [0.717, 1.165) is 6.54 Å². The molecule has 0 fully saturated rings. The van der Waals surface area contributed by atoms with Gasteiger partial charge in [0.15, 0.2) is 9.84 Å². The standard InChI is InChI=1S/C14H24N2O5S2.ClH/c1-3-15-9-10-16-23(19,20)14-7-5-13(6-8-14)21-11-12-22(17,18)4-2;/h5-8,15-16H,3-4,9-12H2,1-2H3;1H. The normalized spacial score (nSPS) is 11.8. The summed E-state index contributed by atoms with van der Waals surface area (Å²) in [4.78, 5) is 0.141. The van der Waals surface area contributed by atoms with Crippen molar-refractivity contribution in [1.82, 2.24) is 10.0 Å². The zero-order chi connectivity index (χ0) is 17.3. The Bertz CT molecular complexity index is 676. The molecule has 0 radical (unpaired) electrons. The van der Waals surface area contributed by atoms with E-state index in [4.69, 9.17) is 4.74 Å². The van der Waals surface area contributed by atoms with Crippen LogP contribution in [0.1, 0.15) is 13.8 Å². The van der Waals surface area contributed by atoms with Gasteiger partial charge in [0.05, 0.1) is 10.6 Å². The molecule has 7 nitrogen and oxygen atoms in total. The van der Waals surface area contributed by atoms with Crippen LogP contribution >= 0.6 is 12.4 Å². The minimum Gasteiger partial charge on any atom is -0.493 e. The average molecular weight is 401 g/mol. The maximum absolute atomic E-state index is 12.0. The summed E-state index contributed by atoms with van der Waals surface area (Å²) in [6.07, 6.45) is 0. The second kappa shape index (κ2) is 10.9. The van der Waals surface area contributed by atoms with Crippen LogP contribution in [-0.2, 0) is 19.9 Å². The number of benzene rings is 1. The van der Waals surface area contributed by atoms with E-state index in [1.807, 2.05) is 6.92 Å². The number of ether oxygens (including phenoxy) is 1. The zero-order valence-corrected chi connectivity index (χ0v) is 16.3. The third-order valence-corrected chi connectivity index (χ3v) is 6.23. The summed E-state index contributed by atoms with van der Waals surface area (Å²) in [6.45, 7) is 5.22. The van der Waals surface area contributed by atoms with Crippen molar-refractivity contribution >= 4 is 32.3 Å². The lowest BCUT2D eigenvalue weighted by Gasteiger charge is -2.09. The van der Waals surface area contributed by atoms with Gasteiger partial charge in [-0.3, -0.25) is 0 Å². The molecule has 0 spiro atoms. The van der Waals surface area contributed by atoms with Crippen LogP contribution < -0.4 is 14.8 Å². The number of nitrogens with one attached hydrogen (secondary N) is 2. The van der Waals surface area contributed by atoms with Gasteiger partial charge in [-0.2, -0.15) is 0 Å². The maximum Gasteiger partial charge on any atom is 0.240 e. The van der Waals surface area contributed by atoms with Crippen molar-refractivity contribution in [3.05, 3.63) is 24.3 Å². The lowest BCUT2D eigenvalue weighted by Crippen LogP contribution is -2.31. The van der Waals surface area contributed by atoms with Gasteiger partial charge in [-0.15, -0.1) is 12.4 Å². The summed E-state index contributed by atoms with van der Waals surface area (Å²) in [5.74, 6) is 0.449. The highest BCUT2D eigenvalue weighted by atomic mass is 35.5. The predicted molar refractivity (Wildman–Crippen MR) is 97.2 cm³/mol. The minimum atomic E-state index is -3.55. The summed E-state index contributed by atoms with van der Waals surface area (Å²) in [5, 5.41) is 3.03. The van der Waals surface area contributed by atoms with Crippen LogP contribution in [0, 0.1) is 0 Å². The smallest absolute Gasteiger partial charge is 0.240 e. The fourth-order valence-electron chi connectivity index (χ4n) is 1.68. The molecule has 0 heterocycles. The second-order valence-electron chi connectivity index (χ2n) is 4.81. The Morgan fingerprint density at radius 2 is 1.62 bits per heavy atom. The Balaban J connectivity index is 0.00000529. The van der Waals surface area contributed by atoms with Crippen LogP contribution in [0.4, 0.5) is 0 Å². The molecule has 0 unspecified atom stereocenters. The summed E-state index contributed by atoms with van der Waals surface area (Å²) in [7, 11) is -6.62. The van der Waals surface area contributed by atoms with E-state index in [-0.39, 0.29) is 35.4 Å². The van der Waals surface area contributed by atoms with E-state index in [2.05, 4.69) is 10.0 Å². The topological polar surface area (TPSA) is 102 Å². The quantitative estimate of drug-likeness (QED) is 0.533. The summed E-state index contributed by atoms with van der Waals surface area (Å²) in [6, 6.07) is 5.88. The highest BCUT2D eigenvalue weighted by molar-refractivity contribution is 7.91. The molecule has 2 N–H and O–H groups in total. The Labute approximate surface area is 150 Å². The first-order valence-corrected chi connectivity index (χ1v) is 10.7. The predicted octanol–water partition coefficient (Wildman–Crippen LogP) is 0.810. The summed E-state index contributed by atoms with van der Waals surface area (Å²) in [5.41, 5.74) is 0. The first-order valence-electron chi connectivity index (χ1n) is 7.44. The Morgan fingerprint density at radius 3 is 2.17 bits per heavy atom. The van der Waals surface area contributed by atoms with Gasteiger partial charge in [0.2, 0.25) is 10.0 Å². The van der Waals surface area contributed by atoms with Crippen molar-refractivity contribution in [1.29, 1.82) is 0 Å². The van der Waals surface area contributed by atoms with Crippen LogP contribution in [0.5, 0.6) is 5.75 Å². The highest BCUT2D eigenvalue weighted by Crippen LogP contribution is 2.15. The summed E-state index contributed by atoms with van der Waals surface area (Å²) < 4.78 is 54.6. The number of rotatable bonds is 11. The second-order valence-corrected chi connectivity index (χ2v) is 9.05. The van der Waals surface area contributed by atoms with Gasteiger partial charge in [0.1, 0.15) is 12.4 Å². The number of hydrogen-bond donors (Lipinski definition) is 2. The fraction of sp³-hybridized carbons (Fsp3) is 0.571. The third-order valence-electron chi connectivity index (χ3n) is 3.08. The molecule has 0 atom stereocenters. The van der Waals surface area contributed by atoms with E-state index in [0.29, 0.717) is 18.8 Å². The molecular formula is C14H25ClN2O5S2. The van der Waals surface area contributed by atoms with Crippen molar-refractivity contribution in [2.45, 2.75) is 18.7 Å². The first-order chi connectivity index (χ1) is 10.8. The molecular weight excluding hydrogens is 376 g/mol. The van der Waals surface area contributed by atoms with Crippen LogP contribution in [0.15, 0.2) is 29.2 Å². The molecule has 1 aromatic rings. The van der Waals surface area contributed by atoms with E-state index in [9.17, 15) is 16.8 Å². The number of sulfonamides is 1. The first kappa shape index (κ1) is 23.1. The molecule has 0 aliphatic carbocycles. The van der Waals surface area contributed by atoms with Crippen molar-refractivity contribution < 1.29 is 21.6 Å². The molecule has 0 saturated carbocycles. The minimum absolute atomic E-state index is 0. The molecule has 140 valence electrons. The third kappa shape index (κ3) is 8.29. The largest absolute Gasteiger partial charge is 0.493 e. The lowest BCUT2D eigenvalue weighted by molar-refractivity contribution is 0.340. The number of hydrogen-bond acceptors (Lipinski definition) is 6. The molecule has 0 aliphatic heterocycles. The monoisotopic (exact) mass is 400 g/mol. The van der Waals surface area contributed by atoms with Crippen molar-refractivity contribution in [2.75, 3.05) is 37.7 Å². The Hall–Kier alpha value is -0.870. The average Bonchev–Trinajstić information content (AvgIpc) is 2.52. The maximum atomic E-state index is 12.0. The van der Waals surface area contributed by atoms with Gasteiger partial charge in [-0.05, 0) is 30.8 Å². The molecule has 10 heteroatoms. The zero-order valence-electron chi connectivity index (χ0n) is 13.8. The van der Waals surface area contributed by atoms with Crippen molar-refractivity contribution in [3.63, 3.8) is 0 Å². The van der Waals surface area contributed by atoms with Crippen LogP contribution in [0.2, 0.25) is 0 Å². The molecule has 0 bridgehead atoms. The fourth-order valence-corrected chi connectivity index (χ4v) is 3.34. The van der Waals surface area contributed by atoms with E-state index in [1.54, 1.807) is 6.92 Å². The van der Waals surface area contributed by atoms with Gasteiger partial charge in [-0.25, -0.2) is 21.6 Å². The molecule has 1 rings (SSSR count). The number of sulfone groups is 1. The van der Waals surface area contributed by atoms with E-state index >= 15 is 0 Å². The van der Waals surface area contributed by atoms with Crippen LogP contribution in [0.3, 0.4) is 0 Å². The van der Waals surface area contributed by atoms with Gasteiger partial charge in [0.25, 0.3) is 0 Å². The van der Waals surface area contributed by atoms with Gasteiger partial charge in [-0.1, -0.05) is 13.8 Å². The molecule has 0 aliphatic rings. The molecule has 24 heavy (non-hydrogen) atoms. The van der Waals surface area contributed by atoms with Gasteiger partial charge < -0.3 is 10.1 Å². The number of likely N-dealkylation sites (N-methyl/N-ethyl adjacent to an activating group) is 1. The highest BCUT2D eigenvalue weighted by Gasteiger charge is 2.13. The van der Waals surface area contributed by atoms with Crippen LogP contribution in [0.25, 0.3) is 0 Å². The molecule has 1 aromatic carbocycles. The SMILES string of the molecule is CCNCCNS(=O)(=O)c1ccc(OCCS(=O)(=O)CC)cc1.Cl. The molecule has 0 saturated heterocycles. The van der Waals surface area contributed by atoms with E-state index < -0.39 is 19.9 Å². The Morgan fingerprint density at radius 1 is 1.00 bits per heavy atom. The lowest BCUT2D eigenvalue weighted by atomic mass is 10.3. The Kier molecular flexibility index (Phi) is 10.5. The summed E-state index contributed by atoms with van der Waals surface area (Å²) >= 11 is 0. The van der Waals surface area contributed by atoms with Gasteiger partial charge >= 0.3 is 0 Å². The molecule has 0 amide bonds. The van der Waals surface area contributed by atoms with Gasteiger partial charge in [0, 0.05) is 18.8 Å². The van der Waals surface area contributed by atoms with Crippen molar-refractivity contribution in [3.8, 4) is 5.75 Å². The molecule has 0 aromatic heterocycles. The number of halogens is 1.